The van der Waals surface area contributed by atoms with E-state index in [0.717, 1.165) is 16.9 Å². The Labute approximate surface area is 190 Å². The zero-order chi connectivity index (χ0) is 20.5. The number of para-hydroxylation sites is 1. The van der Waals surface area contributed by atoms with Crippen molar-refractivity contribution >= 4 is 35.8 Å². The van der Waals surface area contributed by atoms with Crippen LogP contribution in [0.4, 0.5) is 0 Å². The number of nitrogens with one attached hydrogen (secondary N) is 2. The number of ether oxygens (including phenoxy) is 1. The number of hydrogen-bond donors (Lipinski definition) is 2. The van der Waals surface area contributed by atoms with Gasteiger partial charge in [-0.25, -0.2) is 0 Å². The van der Waals surface area contributed by atoms with Crippen LogP contribution in [-0.4, -0.2) is 50.6 Å². The molecule has 0 aliphatic carbocycles. The van der Waals surface area contributed by atoms with Crippen molar-refractivity contribution in [1.82, 2.24) is 15.5 Å². The fraction of sp³-hybridized carbons (Fsp3) is 0.364. The molecule has 1 atom stereocenters. The fourth-order valence-corrected chi connectivity index (χ4v) is 2.62. The Morgan fingerprint density at radius 1 is 1.10 bits per heavy atom. The van der Waals surface area contributed by atoms with E-state index in [4.69, 9.17) is 4.74 Å². The number of aryl methyl sites for hydroxylation is 1. The standard InChI is InChI=1S/C22H30N4O2.HI/c1-16-8-6-7-9-20(16)28-17(2)14-24-22(23-3)25-15-18-10-12-19(13-11-18)21(27)26(4)5;/h6-13,17H,14-15H2,1-5H3,(H2,23,24,25);1H. The van der Waals surface area contributed by atoms with Gasteiger partial charge >= 0.3 is 0 Å². The first-order valence-corrected chi connectivity index (χ1v) is 9.38. The van der Waals surface area contributed by atoms with Crippen molar-refractivity contribution in [2.75, 3.05) is 27.7 Å². The van der Waals surface area contributed by atoms with Crippen LogP contribution in [0, 0.1) is 6.92 Å². The monoisotopic (exact) mass is 510 g/mol. The van der Waals surface area contributed by atoms with E-state index < -0.39 is 0 Å². The summed E-state index contributed by atoms with van der Waals surface area (Å²) in [6, 6.07) is 15.6. The molecule has 2 aromatic rings. The molecule has 2 N–H and O–H groups in total. The third-order valence-electron chi connectivity index (χ3n) is 4.27. The summed E-state index contributed by atoms with van der Waals surface area (Å²) in [5, 5.41) is 6.55. The molecule has 6 nitrogen and oxygen atoms in total. The topological polar surface area (TPSA) is 66.0 Å². The Kier molecular flexibility index (Phi) is 10.5. The summed E-state index contributed by atoms with van der Waals surface area (Å²) in [6.45, 7) is 5.30. The van der Waals surface area contributed by atoms with Gasteiger partial charge in [0.05, 0.1) is 6.54 Å². The summed E-state index contributed by atoms with van der Waals surface area (Å²) < 4.78 is 5.98. The summed E-state index contributed by atoms with van der Waals surface area (Å²) in [7, 11) is 5.23. The van der Waals surface area contributed by atoms with Gasteiger partial charge in [0.1, 0.15) is 11.9 Å². The predicted octanol–water partition coefficient (Wildman–Crippen LogP) is 3.45. The number of hydrogen-bond acceptors (Lipinski definition) is 3. The second-order valence-electron chi connectivity index (χ2n) is 6.90. The van der Waals surface area contributed by atoms with Gasteiger partial charge in [-0.1, -0.05) is 30.3 Å². The molecule has 29 heavy (non-hydrogen) atoms. The van der Waals surface area contributed by atoms with Crippen molar-refractivity contribution in [3.63, 3.8) is 0 Å². The smallest absolute Gasteiger partial charge is 0.253 e. The van der Waals surface area contributed by atoms with Gasteiger partial charge in [-0.2, -0.15) is 0 Å². The van der Waals surface area contributed by atoms with E-state index in [1.54, 1.807) is 26.0 Å². The molecule has 0 bridgehead atoms. The summed E-state index contributed by atoms with van der Waals surface area (Å²) in [5.74, 6) is 1.60. The molecule has 0 aromatic heterocycles. The van der Waals surface area contributed by atoms with Gasteiger partial charge in [0, 0.05) is 33.3 Å². The number of halogens is 1. The van der Waals surface area contributed by atoms with Crippen molar-refractivity contribution in [1.29, 1.82) is 0 Å². The van der Waals surface area contributed by atoms with E-state index in [0.29, 0.717) is 24.6 Å². The molecule has 0 fully saturated rings. The molecule has 2 rings (SSSR count). The first-order chi connectivity index (χ1) is 13.4. The van der Waals surface area contributed by atoms with Crippen molar-refractivity contribution < 1.29 is 9.53 Å². The number of aliphatic imine (C=N–C) groups is 1. The Morgan fingerprint density at radius 3 is 2.34 bits per heavy atom. The van der Waals surface area contributed by atoms with Crippen LogP contribution >= 0.6 is 24.0 Å². The van der Waals surface area contributed by atoms with Gasteiger partial charge in [0.2, 0.25) is 0 Å². The lowest BCUT2D eigenvalue weighted by Crippen LogP contribution is -2.41. The minimum Gasteiger partial charge on any atom is -0.489 e. The summed E-state index contributed by atoms with van der Waals surface area (Å²) >= 11 is 0. The normalized spacial score (nSPS) is 11.8. The third kappa shape index (κ3) is 7.92. The summed E-state index contributed by atoms with van der Waals surface area (Å²) in [4.78, 5) is 17.8. The first-order valence-electron chi connectivity index (χ1n) is 9.38. The molecular weight excluding hydrogens is 479 g/mol. The highest BCUT2D eigenvalue weighted by molar-refractivity contribution is 14.0. The Hall–Kier alpha value is -2.29. The van der Waals surface area contributed by atoms with Gasteiger partial charge in [0.15, 0.2) is 5.96 Å². The Morgan fingerprint density at radius 2 is 1.76 bits per heavy atom. The van der Waals surface area contributed by atoms with Crippen LogP contribution in [0.1, 0.15) is 28.4 Å². The summed E-state index contributed by atoms with van der Waals surface area (Å²) in [6.07, 6.45) is -0.00372. The lowest BCUT2D eigenvalue weighted by Gasteiger charge is -2.19. The lowest BCUT2D eigenvalue weighted by atomic mass is 10.1. The van der Waals surface area contributed by atoms with Crippen molar-refractivity contribution in [2.45, 2.75) is 26.5 Å². The quantitative estimate of drug-likeness (QED) is 0.340. The van der Waals surface area contributed by atoms with Crippen molar-refractivity contribution in [2.24, 2.45) is 4.99 Å². The van der Waals surface area contributed by atoms with Crippen LogP contribution in [0.15, 0.2) is 53.5 Å². The van der Waals surface area contributed by atoms with Gasteiger partial charge in [-0.15, -0.1) is 24.0 Å². The van der Waals surface area contributed by atoms with E-state index in [1.807, 2.05) is 62.4 Å². The molecule has 0 radical (unpaired) electrons. The number of benzene rings is 2. The maximum absolute atomic E-state index is 11.9. The zero-order valence-corrected chi connectivity index (χ0v) is 20.1. The van der Waals surface area contributed by atoms with Crippen molar-refractivity contribution in [3.05, 3.63) is 65.2 Å². The molecule has 0 spiro atoms. The molecule has 0 aliphatic heterocycles. The predicted molar refractivity (Wildman–Crippen MR) is 129 cm³/mol. The Balaban J connectivity index is 0.00000420. The largest absolute Gasteiger partial charge is 0.489 e. The Bertz CT molecular complexity index is 807. The fourth-order valence-electron chi connectivity index (χ4n) is 2.62. The van der Waals surface area contributed by atoms with Crippen LogP contribution in [0.25, 0.3) is 0 Å². The molecule has 158 valence electrons. The molecule has 0 saturated heterocycles. The van der Waals surface area contributed by atoms with E-state index in [2.05, 4.69) is 15.6 Å². The maximum atomic E-state index is 11.9. The van der Waals surface area contributed by atoms with E-state index in [9.17, 15) is 4.79 Å². The molecule has 2 aromatic carbocycles. The number of carbonyl (C=O) groups is 1. The number of nitrogens with zero attached hydrogens (tertiary/aromatic N) is 2. The lowest BCUT2D eigenvalue weighted by molar-refractivity contribution is 0.0827. The van der Waals surface area contributed by atoms with E-state index >= 15 is 0 Å². The average Bonchev–Trinajstić information content (AvgIpc) is 2.69. The van der Waals surface area contributed by atoms with Crippen LogP contribution in [0.2, 0.25) is 0 Å². The second-order valence-corrected chi connectivity index (χ2v) is 6.90. The molecular formula is C22H31IN4O2. The molecule has 1 amide bonds. The summed E-state index contributed by atoms with van der Waals surface area (Å²) in [5.41, 5.74) is 2.87. The average molecular weight is 510 g/mol. The van der Waals surface area contributed by atoms with Gasteiger partial charge in [-0.05, 0) is 43.2 Å². The van der Waals surface area contributed by atoms with E-state index in [1.165, 1.54) is 0 Å². The second kappa shape index (κ2) is 12.3. The zero-order valence-electron chi connectivity index (χ0n) is 17.7. The molecule has 0 saturated carbocycles. The minimum atomic E-state index is -0.00372. The number of rotatable bonds is 7. The van der Waals surface area contributed by atoms with Crippen molar-refractivity contribution in [3.8, 4) is 5.75 Å². The van der Waals surface area contributed by atoms with Crippen LogP contribution in [0.3, 0.4) is 0 Å². The maximum Gasteiger partial charge on any atom is 0.253 e. The minimum absolute atomic E-state index is 0. The number of amides is 1. The third-order valence-corrected chi connectivity index (χ3v) is 4.27. The number of carbonyl (C=O) groups excluding carboxylic acids is 1. The molecule has 7 heteroatoms. The molecule has 0 aliphatic rings. The highest BCUT2D eigenvalue weighted by Crippen LogP contribution is 2.17. The molecule has 1 unspecified atom stereocenters. The van der Waals surface area contributed by atoms with Gasteiger partial charge in [-0.3, -0.25) is 9.79 Å². The number of guanidine groups is 1. The van der Waals surface area contributed by atoms with Crippen LogP contribution in [0.5, 0.6) is 5.75 Å². The molecule has 0 heterocycles. The SMILES string of the molecule is CN=C(NCc1ccc(C(=O)N(C)C)cc1)NCC(C)Oc1ccccc1C.I. The van der Waals surface area contributed by atoms with Gasteiger partial charge in [0.25, 0.3) is 5.91 Å². The van der Waals surface area contributed by atoms with Gasteiger partial charge < -0.3 is 20.3 Å². The van der Waals surface area contributed by atoms with E-state index in [-0.39, 0.29) is 36.0 Å². The highest BCUT2D eigenvalue weighted by Gasteiger charge is 2.09. The van der Waals surface area contributed by atoms with Crippen LogP contribution in [-0.2, 0) is 6.54 Å². The highest BCUT2D eigenvalue weighted by atomic mass is 127. The first kappa shape index (κ1) is 24.7. The van der Waals surface area contributed by atoms with Crippen LogP contribution < -0.4 is 15.4 Å².